The molecule has 3 nitrogen and oxygen atoms in total. The summed E-state index contributed by atoms with van der Waals surface area (Å²) in [5.74, 6) is -2.19. The van der Waals surface area contributed by atoms with E-state index >= 15 is 0 Å². The van der Waals surface area contributed by atoms with Gasteiger partial charge in [0.15, 0.2) is 0 Å². The van der Waals surface area contributed by atoms with Gasteiger partial charge in [-0.15, -0.1) is 0 Å². The summed E-state index contributed by atoms with van der Waals surface area (Å²) >= 11 is 8.19. The highest BCUT2D eigenvalue weighted by Gasteiger charge is 2.17. The lowest BCUT2D eigenvalue weighted by atomic mass is 10.3. The van der Waals surface area contributed by atoms with Gasteiger partial charge in [-0.25, -0.2) is 9.78 Å². The Bertz CT molecular complexity index is 345. The number of hydrogen-bond acceptors (Lipinski definition) is 2. The van der Waals surface area contributed by atoms with Crippen molar-refractivity contribution < 1.29 is 14.3 Å². The molecule has 0 saturated carbocycles. The van der Waals surface area contributed by atoms with E-state index in [0.29, 0.717) is 0 Å². The number of halogens is 3. The van der Waals surface area contributed by atoms with E-state index in [9.17, 15) is 9.18 Å². The summed E-state index contributed by atoms with van der Waals surface area (Å²) in [6, 6.07) is 0. The minimum Gasteiger partial charge on any atom is -0.478 e. The second-order valence-corrected chi connectivity index (χ2v) is 3.09. The Labute approximate surface area is 80.3 Å². The zero-order valence-corrected chi connectivity index (χ0v) is 7.86. The highest BCUT2D eigenvalue weighted by molar-refractivity contribution is 9.10. The molecule has 0 radical (unpaired) electrons. The Kier molecular flexibility index (Phi) is 2.64. The first-order chi connectivity index (χ1) is 5.54. The Morgan fingerprint density at radius 3 is 2.75 bits per heavy atom. The maximum atomic E-state index is 12.6. The van der Waals surface area contributed by atoms with E-state index in [4.69, 9.17) is 16.7 Å². The number of nitrogens with zero attached hydrogens (tertiary/aromatic N) is 1. The average molecular weight is 254 g/mol. The van der Waals surface area contributed by atoms with Gasteiger partial charge in [0.1, 0.15) is 0 Å². The third-order valence-corrected chi connectivity index (χ3v) is 2.15. The van der Waals surface area contributed by atoms with Gasteiger partial charge in [-0.2, -0.15) is 4.39 Å². The number of carboxylic acid groups (broad SMARTS) is 1. The lowest BCUT2D eigenvalue weighted by Crippen LogP contribution is -2.02. The fraction of sp³-hybridized carbons (Fsp3) is 0. The Morgan fingerprint density at radius 1 is 1.75 bits per heavy atom. The van der Waals surface area contributed by atoms with Gasteiger partial charge in [-0.05, 0) is 15.9 Å². The number of rotatable bonds is 1. The van der Waals surface area contributed by atoms with Crippen molar-refractivity contribution >= 4 is 33.5 Å². The molecular formula is C6H2BrClFNO2. The summed E-state index contributed by atoms with van der Waals surface area (Å²) in [6.07, 6.45) is 0.950. The fourth-order valence-electron chi connectivity index (χ4n) is 0.639. The van der Waals surface area contributed by atoms with Crippen molar-refractivity contribution in [2.24, 2.45) is 0 Å². The molecule has 0 spiro atoms. The van der Waals surface area contributed by atoms with Crippen LogP contribution in [0.1, 0.15) is 10.4 Å². The minimum absolute atomic E-state index is 0.101. The first kappa shape index (κ1) is 9.41. The first-order valence-corrected chi connectivity index (χ1v) is 3.94. The molecule has 0 bridgehead atoms. The Balaban J connectivity index is 3.43. The van der Waals surface area contributed by atoms with Crippen LogP contribution in [0.15, 0.2) is 10.7 Å². The Morgan fingerprint density at radius 2 is 2.33 bits per heavy atom. The summed E-state index contributed by atoms with van der Waals surface area (Å²) < 4.78 is 12.4. The van der Waals surface area contributed by atoms with Crippen LogP contribution in [-0.2, 0) is 0 Å². The molecule has 64 valence electrons. The van der Waals surface area contributed by atoms with E-state index in [2.05, 4.69) is 20.9 Å². The van der Waals surface area contributed by atoms with Crippen LogP contribution in [0.5, 0.6) is 0 Å². The van der Waals surface area contributed by atoms with Crippen LogP contribution in [-0.4, -0.2) is 16.1 Å². The van der Waals surface area contributed by atoms with Crippen molar-refractivity contribution in [2.45, 2.75) is 0 Å². The highest BCUT2D eigenvalue weighted by Crippen LogP contribution is 2.25. The molecule has 0 fully saturated rings. The van der Waals surface area contributed by atoms with Gasteiger partial charge in [0.05, 0.1) is 15.1 Å². The summed E-state index contributed by atoms with van der Waals surface area (Å²) in [5.41, 5.74) is -0.316. The van der Waals surface area contributed by atoms with Gasteiger partial charge in [0.25, 0.3) is 0 Å². The van der Waals surface area contributed by atoms with Crippen LogP contribution in [0.25, 0.3) is 0 Å². The predicted octanol–water partition coefficient (Wildman–Crippen LogP) is 2.33. The van der Waals surface area contributed by atoms with Crippen molar-refractivity contribution in [3.63, 3.8) is 0 Å². The van der Waals surface area contributed by atoms with Crippen LogP contribution in [0.3, 0.4) is 0 Å². The van der Waals surface area contributed by atoms with Crippen LogP contribution in [0.2, 0.25) is 5.02 Å². The second kappa shape index (κ2) is 3.37. The molecule has 0 saturated heterocycles. The largest absolute Gasteiger partial charge is 0.478 e. The van der Waals surface area contributed by atoms with E-state index in [1.807, 2.05) is 0 Å². The predicted molar refractivity (Wildman–Crippen MR) is 43.9 cm³/mol. The topological polar surface area (TPSA) is 50.2 Å². The SMILES string of the molecule is O=C(O)c1c(Cl)cnc(F)c1Br. The van der Waals surface area contributed by atoms with Gasteiger partial charge in [0, 0.05) is 6.20 Å². The molecule has 0 aliphatic carbocycles. The molecule has 1 rings (SSSR count). The van der Waals surface area contributed by atoms with Crippen molar-refractivity contribution in [1.29, 1.82) is 0 Å². The molecule has 12 heavy (non-hydrogen) atoms. The number of pyridine rings is 1. The molecule has 1 N–H and O–H groups in total. The smallest absolute Gasteiger partial charge is 0.338 e. The van der Waals surface area contributed by atoms with E-state index < -0.39 is 11.9 Å². The van der Waals surface area contributed by atoms with Crippen molar-refractivity contribution in [3.05, 3.63) is 27.2 Å². The molecule has 6 heteroatoms. The van der Waals surface area contributed by atoms with E-state index in [1.165, 1.54) is 0 Å². The van der Waals surface area contributed by atoms with Gasteiger partial charge in [-0.1, -0.05) is 11.6 Å². The third kappa shape index (κ3) is 1.56. The molecule has 0 unspecified atom stereocenters. The maximum Gasteiger partial charge on any atom is 0.338 e. The summed E-state index contributed by atoms with van der Waals surface area (Å²) in [6.45, 7) is 0. The number of hydrogen-bond donors (Lipinski definition) is 1. The number of carbonyl (C=O) groups is 1. The van der Waals surface area contributed by atoms with E-state index in [0.717, 1.165) is 6.20 Å². The number of carboxylic acids is 1. The lowest BCUT2D eigenvalue weighted by Gasteiger charge is -2.00. The summed E-state index contributed by atoms with van der Waals surface area (Å²) in [5, 5.41) is 8.46. The lowest BCUT2D eigenvalue weighted by molar-refractivity contribution is 0.0695. The van der Waals surface area contributed by atoms with Crippen molar-refractivity contribution in [1.82, 2.24) is 4.98 Å². The van der Waals surface area contributed by atoms with Crippen LogP contribution in [0.4, 0.5) is 4.39 Å². The summed E-state index contributed by atoms with van der Waals surface area (Å²) in [4.78, 5) is 13.7. The quantitative estimate of drug-likeness (QED) is 0.783. The fourth-order valence-corrected chi connectivity index (χ4v) is 1.46. The average Bonchev–Trinajstić information content (AvgIpc) is 1.97. The minimum atomic E-state index is -1.30. The molecule has 0 aromatic carbocycles. The van der Waals surface area contributed by atoms with Gasteiger partial charge in [0.2, 0.25) is 5.95 Å². The molecule has 0 aliphatic heterocycles. The van der Waals surface area contributed by atoms with Crippen LogP contribution in [0, 0.1) is 5.95 Å². The maximum absolute atomic E-state index is 12.6. The molecule has 0 aliphatic rings. The van der Waals surface area contributed by atoms with Crippen molar-refractivity contribution in [3.8, 4) is 0 Å². The van der Waals surface area contributed by atoms with Crippen molar-refractivity contribution in [2.75, 3.05) is 0 Å². The monoisotopic (exact) mass is 253 g/mol. The van der Waals surface area contributed by atoms with Gasteiger partial charge >= 0.3 is 5.97 Å². The van der Waals surface area contributed by atoms with E-state index in [-0.39, 0.29) is 15.1 Å². The molecular weight excluding hydrogens is 252 g/mol. The zero-order chi connectivity index (χ0) is 9.30. The molecule has 1 aromatic rings. The molecule has 0 amide bonds. The number of aromatic nitrogens is 1. The van der Waals surface area contributed by atoms with Crippen LogP contribution < -0.4 is 0 Å². The van der Waals surface area contributed by atoms with Crippen LogP contribution >= 0.6 is 27.5 Å². The van der Waals surface area contributed by atoms with Gasteiger partial charge in [-0.3, -0.25) is 0 Å². The van der Waals surface area contributed by atoms with E-state index in [1.54, 1.807) is 0 Å². The van der Waals surface area contributed by atoms with Gasteiger partial charge < -0.3 is 5.11 Å². The normalized spacial score (nSPS) is 9.92. The second-order valence-electron chi connectivity index (χ2n) is 1.89. The molecule has 1 heterocycles. The molecule has 1 aromatic heterocycles. The third-order valence-electron chi connectivity index (χ3n) is 1.14. The molecule has 0 atom stereocenters. The zero-order valence-electron chi connectivity index (χ0n) is 5.51. The number of aromatic carboxylic acids is 1. The highest BCUT2D eigenvalue weighted by atomic mass is 79.9. The Hall–Kier alpha value is -0.680. The first-order valence-electron chi connectivity index (χ1n) is 2.77. The standard InChI is InChI=1S/C6H2BrClFNO2/c7-4-3(6(11)12)2(8)1-10-5(4)9/h1H,(H,11,12). The summed E-state index contributed by atoms with van der Waals surface area (Å²) in [7, 11) is 0.